The number of rotatable bonds is 5. The molecular formula is C22H31FIN5. The summed E-state index contributed by atoms with van der Waals surface area (Å²) in [5, 5.41) is 3.47. The molecular weight excluding hydrogens is 480 g/mol. The first-order valence-electron chi connectivity index (χ1n) is 9.74. The monoisotopic (exact) mass is 511 g/mol. The molecule has 0 amide bonds. The highest BCUT2D eigenvalue weighted by Crippen LogP contribution is 2.20. The summed E-state index contributed by atoms with van der Waals surface area (Å²) < 4.78 is 14.0. The van der Waals surface area contributed by atoms with Gasteiger partial charge < -0.3 is 20.0 Å². The maximum Gasteiger partial charge on any atom is 0.194 e. The molecule has 1 aliphatic heterocycles. The summed E-state index contributed by atoms with van der Waals surface area (Å²) in [7, 11) is 5.97. The van der Waals surface area contributed by atoms with E-state index in [2.05, 4.69) is 63.4 Å². The van der Waals surface area contributed by atoms with Gasteiger partial charge in [0, 0.05) is 46.3 Å². The molecule has 1 aliphatic rings. The van der Waals surface area contributed by atoms with Gasteiger partial charge in [0.2, 0.25) is 0 Å². The highest BCUT2D eigenvalue weighted by atomic mass is 127. The number of halogens is 2. The van der Waals surface area contributed by atoms with Gasteiger partial charge in [-0.25, -0.2) is 4.39 Å². The number of benzene rings is 2. The topological polar surface area (TPSA) is 34.1 Å². The first-order chi connectivity index (χ1) is 13.6. The summed E-state index contributed by atoms with van der Waals surface area (Å²) in [6.45, 7) is 4.85. The third-order valence-electron chi connectivity index (χ3n) is 4.92. The van der Waals surface area contributed by atoms with Crippen LogP contribution in [0.15, 0.2) is 53.5 Å². The molecule has 0 unspecified atom stereocenters. The Morgan fingerprint density at radius 1 is 1.03 bits per heavy atom. The van der Waals surface area contributed by atoms with Gasteiger partial charge in [-0.1, -0.05) is 36.4 Å². The van der Waals surface area contributed by atoms with Gasteiger partial charge in [-0.3, -0.25) is 4.99 Å². The molecule has 2 aromatic rings. The molecule has 1 N–H and O–H groups in total. The molecule has 1 heterocycles. The van der Waals surface area contributed by atoms with Crippen LogP contribution in [0.25, 0.3) is 0 Å². The number of piperazine rings is 1. The molecule has 5 nitrogen and oxygen atoms in total. The third-order valence-corrected chi connectivity index (χ3v) is 4.92. The van der Waals surface area contributed by atoms with Crippen molar-refractivity contribution in [1.82, 2.24) is 15.1 Å². The summed E-state index contributed by atoms with van der Waals surface area (Å²) >= 11 is 0. The normalized spacial score (nSPS) is 14.7. The summed E-state index contributed by atoms with van der Waals surface area (Å²) in [4.78, 5) is 10.9. The van der Waals surface area contributed by atoms with E-state index in [4.69, 9.17) is 0 Å². The lowest BCUT2D eigenvalue weighted by molar-refractivity contribution is 0.370. The molecule has 3 rings (SSSR count). The molecule has 158 valence electrons. The summed E-state index contributed by atoms with van der Waals surface area (Å²) in [6.07, 6.45) is 0. The number of nitrogens with zero attached hydrogens (tertiary/aromatic N) is 4. The molecule has 0 saturated carbocycles. The highest BCUT2D eigenvalue weighted by molar-refractivity contribution is 14.0. The van der Waals surface area contributed by atoms with Gasteiger partial charge in [0.05, 0.1) is 5.69 Å². The zero-order chi connectivity index (χ0) is 19.9. The van der Waals surface area contributed by atoms with Gasteiger partial charge in [0.15, 0.2) is 5.96 Å². The number of anilines is 1. The Balaban J connectivity index is 0.00000300. The quantitative estimate of drug-likeness (QED) is 0.379. The molecule has 7 heteroatoms. The fourth-order valence-electron chi connectivity index (χ4n) is 3.58. The van der Waals surface area contributed by atoms with Crippen LogP contribution in [0, 0.1) is 5.82 Å². The van der Waals surface area contributed by atoms with Crippen molar-refractivity contribution in [2.45, 2.75) is 13.1 Å². The minimum absolute atomic E-state index is 0. The zero-order valence-corrected chi connectivity index (χ0v) is 19.8. The Morgan fingerprint density at radius 3 is 2.38 bits per heavy atom. The number of hydrogen-bond donors (Lipinski definition) is 1. The van der Waals surface area contributed by atoms with E-state index in [1.165, 1.54) is 17.2 Å². The van der Waals surface area contributed by atoms with Crippen LogP contribution < -0.4 is 10.2 Å². The second kappa shape index (κ2) is 11.3. The van der Waals surface area contributed by atoms with E-state index >= 15 is 0 Å². The van der Waals surface area contributed by atoms with Gasteiger partial charge in [0.1, 0.15) is 5.82 Å². The number of para-hydroxylation sites is 1. The van der Waals surface area contributed by atoms with Gasteiger partial charge in [-0.2, -0.15) is 0 Å². The minimum atomic E-state index is -0.156. The molecule has 0 spiro atoms. The third kappa shape index (κ3) is 6.57. The van der Waals surface area contributed by atoms with Crippen molar-refractivity contribution in [1.29, 1.82) is 0 Å². The average molecular weight is 511 g/mol. The lowest BCUT2D eigenvalue weighted by Gasteiger charge is -2.37. The molecule has 2 aromatic carbocycles. The van der Waals surface area contributed by atoms with E-state index in [1.807, 2.05) is 19.2 Å². The molecule has 0 radical (unpaired) electrons. The maximum atomic E-state index is 14.0. The van der Waals surface area contributed by atoms with Crippen molar-refractivity contribution in [3.05, 3.63) is 65.5 Å². The predicted octanol–water partition coefficient (Wildman–Crippen LogP) is 3.40. The van der Waals surface area contributed by atoms with Crippen molar-refractivity contribution < 1.29 is 4.39 Å². The van der Waals surface area contributed by atoms with Crippen LogP contribution in [0.4, 0.5) is 10.1 Å². The Labute approximate surface area is 190 Å². The largest absolute Gasteiger partial charge is 0.366 e. The first-order valence-corrected chi connectivity index (χ1v) is 9.74. The van der Waals surface area contributed by atoms with Crippen LogP contribution >= 0.6 is 24.0 Å². The minimum Gasteiger partial charge on any atom is -0.366 e. The zero-order valence-electron chi connectivity index (χ0n) is 17.4. The first kappa shape index (κ1) is 23.4. The van der Waals surface area contributed by atoms with Crippen molar-refractivity contribution in [3.8, 4) is 0 Å². The van der Waals surface area contributed by atoms with E-state index in [0.29, 0.717) is 5.69 Å². The summed E-state index contributed by atoms with van der Waals surface area (Å²) in [5.74, 6) is 0.738. The van der Waals surface area contributed by atoms with E-state index < -0.39 is 0 Å². The Hall–Kier alpha value is -1.87. The molecule has 0 aromatic heterocycles. The van der Waals surface area contributed by atoms with Crippen molar-refractivity contribution in [3.63, 3.8) is 0 Å². The highest BCUT2D eigenvalue weighted by Gasteiger charge is 2.21. The number of guanidine groups is 1. The van der Waals surface area contributed by atoms with Gasteiger partial charge in [-0.05, 0) is 37.4 Å². The van der Waals surface area contributed by atoms with Crippen LogP contribution in [-0.4, -0.2) is 63.1 Å². The predicted molar refractivity (Wildman–Crippen MR) is 130 cm³/mol. The van der Waals surface area contributed by atoms with E-state index in [1.54, 1.807) is 6.07 Å². The van der Waals surface area contributed by atoms with Crippen molar-refractivity contribution >= 4 is 35.6 Å². The SMILES string of the molecule is CN=C(NCc1cccc(CN(C)C)c1)N1CCN(c2ccccc2F)CC1.I. The van der Waals surface area contributed by atoms with Crippen LogP contribution in [0.5, 0.6) is 0 Å². The Morgan fingerprint density at radius 2 is 1.72 bits per heavy atom. The maximum absolute atomic E-state index is 14.0. The number of nitrogens with one attached hydrogen (secondary N) is 1. The molecule has 1 saturated heterocycles. The molecule has 0 bridgehead atoms. The molecule has 0 aliphatic carbocycles. The van der Waals surface area contributed by atoms with E-state index in [-0.39, 0.29) is 29.8 Å². The van der Waals surface area contributed by atoms with E-state index in [9.17, 15) is 4.39 Å². The van der Waals surface area contributed by atoms with Crippen LogP contribution in [0.2, 0.25) is 0 Å². The van der Waals surface area contributed by atoms with Crippen molar-refractivity contribution in [2.24, 2.45) is 4.99 Å². The molecule has 0 atom stereocenters. The lowest BCUT2D eigenvalue weighted by atomic mass is 10.1. The molecule has 29 heavy (non-hydrogen) atoms. The van der Waals surface area contributed by atoms with Crippen LogP contribution in [-0.2, 0) is 13.1 Å². The molecule has 1 fully saturated rings. The smallest absolute Gasteiger partial charge is 0.194 e. The second-order valence-corrected chi connectivity index (χ2v) is 7.38. The Bertz CT molecular complexity index is 803. The van der Waals surface area contributed by atoms with Gasteiger partial charge in [-0.15, -0.1) is 24.0 Å². The fourth-order valence-corrected chi connectivity index (χ4v) is 3.58. The van der Waals surface area contributed by atoms with Crippen LogP contribution in [0.1, 0.15) is 11.1 Å². The number of hydrogen-bond acceptors (Lipinski definition) is 3. The van der Waals surface area contributed by atoms with E-state index in [0.717, 1.165) is 45.2 Å². The summed E-state index contributed by atoms with van der Waals surface area (Å²) in [5.41, 5.74) is 3.23. The second-order valence-electron chi connectivity index (χ2n) is 7.38. The summed E-state index contributed by atoms with van der Waals surface area (Å²) in [6, 6.07) is 15.6. The van der Waals surface area contributed by atoms with Gasteiger partial charge >= 0.3 is 0 Å². The number of aliphatic imine (C=N–C) groups is 1. The lowest BCUT2D eigenvalue weighted by Crippen LogP contribution is -2.52. The standard InChI is InChI=1S/C22H30FN5.HI/c1-24-22(25-16-18-7-6-8-19(15-18)17-26(2)3)28-13-11-27(12-14-28)21-10-5-4-9-20(21)23;/h4-10,15H,11-14,16-17H2,1-3H3,(H,24,25);1H. The fraction of sp³-hybridized carbons (Fsp3) is 0.409. The average Bonchev–Trinajstić information content (AvgIpc) is 2.69. The van der Waals surface area contributed by atoms with Crippen LogP contribution in [0.3, 0.4) is 0 Å². The van der Waals surface area contributed by atoms with Crippen molar-refractivity contribution in [2.75, 3.05) is 52.2 Å². The Kier molecular flexibility index (Phi) is 9.16. The van der Waals surface area contributed by atoms with Gasteiger partial charge in [0.25, 0.3) is 0 Å².